The zero-order valence-corrected chi connectivity index (χ0v) is 14.5. The summed E-state index contributed by atoms with van der Waals surface area (Å²) < 4.78 is 1.07. The molecule has 1 amide bonds. The van der Waals surface area contributed by atoms with E-state index < -0.39 is 0 Å². The number of nitrogens with zero attached hydrogens (tertiary/aromatic N) is 3. The van der Waals surface area contributed by atoms with Crippen molar-refractivity contribution >= 4 is 44.4 Å². The first-order chi connectivity index (χ1) is 11.1. The van der Waals surface area contributed by atoms with Gasteiger partial charge in [-0.15, -0.1) is 0 Å². The third-order valence-corrected chi connectivity index (χ3v) is 4.86. The molecule has 0 spiro atoms. The van der Waals surface area contributed by atoms with Crippen LogP contribution in [-0.4, -0.2) is 26.6 Å². The molecule has 0 saturated heterocycles. The summed E-state index contributed by atoms with van der Waals surface area (Å²) in [6.45, 7) is 3.89. The van der Waals surface area contributed by atoms with Crippen molar-refractivity contribution in [2.24, 2.45) is 0 Å². The van der Waals surface area contributed by atoms with Crippen molar-refractivity contribution in [3.63, 3.8) is 0 Å². The number of rotatable bonds is 5. The number of benzene rings is 1. The number of nitrogens with one attached hydrogen (secondary N) is 1. The molecule has 118 valence electrons. The van der Waals surface area contributed by atoms with Crippen LogP contribution in [0.3, 0.4) is 0 Å². The van der Waals surface area contributed by atoms with Crippen molar-refractivity contribution in [3.8, 4) is 0 Å². The van der Waals surface area contributed by atoms with E-state index in [1.54, 1.807) is 0 Å². The van der Waals surface area contributed by atoms with Gasteiger partial charge in [0.25, 0.3) is 0 Å². The minimum absolute atomic E-state index is 0.0408. The molecule has 0 bridgehead atoms. The Labute approximate surface area is 142 Å². The Bertz CT molecular complexity index is 794. The number of aromatic nitrogens is 3. The maximum atomic E-state index is 12.0. The van der Waals surface area contributed by atoms with Crippen LogP contribution >= 0.6 is 23.1 Å². The summed E-state index contributed by atoms with van der Waals surface area (Å²) in [4.78, 5) is 25.1. The van der Waals surface area contributed by atoms with E-state index in [-0.39, 0.29) is 5.91 Å². The van der Waals surface area contributed by atoms with Gasteiger partial charge in [-0.1, -0.05) is 35.2 Å². The van der Waals surface area contributed by atoms with E-state index in [2.05, 4.69) is 20.3 Å². The van der Waals surface area contributed by atoms with Crippen molar-refractivity contribution in [3.05, 3.63) is 41.7 Å². The zero-order valence-electron chi connectivity index (χ0n) is 12.9. The van der Waals surface area contributed by atoms with Crippen LogP contribution < -0.4 is 5.32 Å². The second kappa shape index (κ2) is 7.06. The third kappa shape index (κ3) is 4.27. The average Bonchev–Trinajstić information content (AvgIpc) is 2.88. The first-order valence-electron chi connectivity index (χ1n) is 7.21. The molecule has 0 atom stereocenters. The number of fused-ring (bicyclic) bond motifs is 1. The highest BCUT2D eigenvalue weighted by Gasteiger charge is 2.08. The highest BCUT2D eigenvalue weighted by atomic mass is 32.2. The number of aryl methyl sites for hydroxylation is 2. The summed E-state index contributed by atoms with van der Waals surface area (Å²) in [6.07, 6.45) is 0.400. The Balaban J connectivity index is 1.53. The number of hydrogen-bond acceptors (Lipinski definition) is 6. The number of thioether (sulfide) groups is 1. The SMILES string of the molecule is Cc1cc(C)nc(SCCC(=O)Nc2nc3ccccc3s2)n1. The fourth-order valence-corrected chi connectivity index (χ4v) is 3.87. The molecule has 2 aromatic heterocycles. The predicted octanol–water partition coefficient (Wildman–Crippen LogP) is 3.82. The molecule has 0 fully saturated rings. The second-order valence-electron chi connectivity index (χ2n) is 5.07. The lowest BCUT2D eigenvalue weighted by Gasteiger charge is -2.03. The molecule has 3 aromatic rings. The first kappa shape index (κ1) is 15.9. The number of carbonyl (C=O) groups is 1. The molecular formula is C16H16N4OS2. The van der Waals surface area contributed by atoms with Gasteiger partial charge in [-0.2, -0.15) is 0 Å². The highest BCUT2D eigenvalue weighted by molar-refractivity contribution is 7.99. The zero-order chi connectivity index (χ0) is 16.2. The summed E-state index contributed by atoms with van der Waals surface area (Å²) in [6, 6.07) is 9.77. The number of carbonyl (C=O) groups excluding carboxylic acids is 1. The van der Waals surface area contributed by atoms with Gasteiger partial charge in [-0.3, -0.25) is 4.79 Å². The molecule has 0 saturated carbocycles. The second-order valence-corrected chi connectivity index (χ2v) is 7.16. The molecule has 3 rings (SSSR count). The van der Waals surface area contributed by atoms with Gasteiger partial charge in [-0.25, -0.2) is 15.0 Å². The fourth-order valence-electron chi connectivity index (χ4n) is 2.10. The van der Waals surface area contributed by atoms with E-state index in [0.717, 1.165) is 26.8 Å². The number of anilines is 1. The molecular weight excluding hydrogens is 328 g/mol. The predicted molar refractivity (Wildman–Crippen MR) is 95.1 cm³/mol. The average molecular weight is 344 g/mol. The van der Waals surface area contributed by atoms with Crippen LogP contribution in [0.25, 0.3) is 10.2 Å². The first-order valence-corrected chi connectivity index (χ1v) is 9.01. The summed E-state index contributed by atoms with van der Waals surface area (Å²) in [5.74, 6) is 0.598. The van der Waals surface area contributed by atoms with E-state index >= 15 is 0 Å². The molecule has 23 heavy (non-hydrogen) atoms. The number of hydrogen-bond donors (Lipinski definition) is 1. The van der Waals surface area contributed by atoms with Crippen LogP contribution in [0.1, 0.15) is 17.8 Å². The lowest BCUT2D eigenvalue weighted by Crippen LogP contribution is -2.12. The van der Waals surface area contributed by atoms with Gasteiger partial charge in [0.2, 0.25) is 5.91 Å². The Kier molecular flexibility index (Phi) is 4.88. The molecule has 5 nitrogen and oxygen atoms in total. The van der Waals surface area contributed by atoms with Gasteiger partial charge in [0, 0.05) is 23.6 Å². The normalized spacial score (nSPS) is 10.9. The minimum Gasteiger partial charge on any atom is -0.302 e. The monoisotopic (exact) mass is 344 g/mol. The lowest BCUT2D eigenvalue weighted by molar-refractivity contribution is -0.115. The number of para-hydroxylation sites is 1. The topological polar surface area (TPSA) is 67.8 Å². The van der Waals surface area contributed by atoms with Gasteiger partial charge in [0.1, 0.15) is 0 Å². The number of amides is 1. The smallest absolute Gasteiger partial charge is 0.226 e. The lowest BCUT2D eigenvalue weighted by atomic mass is 10.3. The van der Waals surface area contributed by atoms with Crippen LogP contribution in [0.4, 0.5) is 5.13 Å². The van der Waals surface area contributed by atoms with Gasteiger partial charge >= 0.3 is 0 Å². The Morgan fingerprint density at radius 3 is 2.65 bits per heavy atom. The fraction of sp³-hybridized carbons (Fsp3) is 0.250. The van der Waals surface area contributed by atoms with Crippen LogP contribution in [0.15, 0.2) is 35.5 Å². The van der Waals surface area contributed by atoms with Crippen molar-refractivity contribution in [1.29, 1.82) is 0 Å². The minimum atomic E-state index is -0.0408. The van der Waals surface area contributed by atoms with Gasteiger partial charge in [0.15, 0.2) is 10.3 Å². The molecule has 1 aromatic carbocycles. The molecule has 2 heterocycles. The van der Waals surface area contributed by atoms with Crippen molar-refractivity contribution < 1.29 is 4.79 Å². The molecule has 1 N–H and O–H groups in total. The quantitative estimate of drug-likeness (QED) is 0.563. The van der Waals surface area contributed by atoms with Crippen LogP contribution in [0.5, 0.6) is 0 Å². The van der Waals surface area contributed by atoms with E-state index in [9.17, 15) is 4.79 Å². The molecule has 0 aliphatic carbocycles. The standard InChI is InChI=1S/C16H16N4OS2/c1-10-9-11(2)18-15(17-10)22-8-7-14(21)20-16-19-12-5-3-4-6-13(12)23-16/h3-6,9H,7-8H2,1-2H3,(H,19,20,21). The van der Waals surface area contributed by atoms with E-state index in [0.29, 0.717) is 17.3 Å². The van der Waals surface area contributed by atoms with Gasteiger partial charge in [0.05, 0.1) is 10.2 Å². The Morgan fingerprint density at radius 1 is 1.17 bits per heavy atom. The van der Waals surface area contributed by atoms with Gasteiger partial charge < -0.3 is 5.32 Å². The van der Waals surface area contributed by atoms with Crippen LogP contribution in [-0.2, 0) is 4.79 Å². The van der Waals surface area contributed by atoms with Crippen molar-refractivity contribution in [2.45, 2.75) is 25.4 Å². The Hall–Kier alpha value is -1.99. The molecule has 0 aliphatic rings. The third-order valence-electron chi connectivity index (χ3n) is 3.06. The number of thiazole rings is 1. The van der Waals surface area contributed by atoms with Gasteiger partial charge in [-0.05, 0) is 32.0 Å². The van der Waals surface area contributed by atoms with Crippen molar-refractivity contribution in [1.82, 2.24) is 15.0 Å². The largest absolute Gasteiger partial charge is 0.302 e. The van der Waals surface area contributed by atoms with Crippen LogP contribution in [0, 0.1) is 13.8 Å². The summed E-state index contributed by atoms with van der Waals surface area (Å²) in [5.41, 5.74) is 2.80. The molecule has 0 aliphatic heterocycles. The molecule has 7 heteroatoms. The summed E-state index contributed by atoms with van der Waals surface area (Å²) >= 11 is 2.98. The van der Waals surface area contributed by atoms with Crippen molar-refractivity contribution in [2.75, 3.05) is 11.1 Å². The van der Waals surface area contributed by atoms with E-state index in [1.165, 1.54) is 23.1 Å². The summed E-state index contributed by atoms with van der Waals surface area (Å²) in [5, 5.41) is 4.22. The van der Waals surface area contributed by atoms with Crippen LogP contribution in [0.2, 0.25) is 0 Å². The maximum absolute atomic E-state index is 12.0. The summed E-state index contributed by atoms with van der Waals surface area (Å²) in [7, 11) is 0. The molecule has 0 radical (unpaired) electrons. The molecule has 0 unspecified atom stereocenters. The highest BCUT2D eigenvalue weighted by Crippen LogP contribution is 2.25. The van der Waals surface area contributed by atoms with E-state index in [1.807, 2.05) is 44.2 Å². The maximum Gasteiger partial charge on any atom is 0.226 e. The van der Waals surface area contributed by atoms with E-state index in [4.69, 9.17) is 0 Å². The Morgan fingerprint density at radius 2 is 1.91 bits per heavy atom.